The van der Waals surface area contributed by atoms with Crippen LogP contribution < -0.4 is 5.32 Å². The molecule has 23 heavy (non-hydrogen) atoms. The van der Waals surface area contributed by atoms with Gasteiger partial charge in [0.25, 0.3) is 5.91 Å². The van der Waals surface area contributed by atoms with Gasteiger partial charge in [-0.25, -0.2) is 0 Å². The first kappa shape index (κ1) is 14.2. The lowest BCUT2D eigenvalue weighted by molar-refractivity contribution is 0.0902. The number of carbonyl (C=O) groups is 1. The van der Waals surface area contributed by atoms with Crippen molar-refractivity contribution < 1.29 is 9.21 Å². The molecule has 1 amide bonds. The number of halogens is 1. The van der Waals surface area contributed by atoms with Gasteiger partial charge in [0.2, 0.25) is 0 Å². The summed E-state index contributed by atoms with van der Waals surface area (Å²) in [5.74, 6) is 0.802. The molecule has 0 saturated heterocycles. The van der Waals surface area contributed by atoms with Crippen molar-refractivity contribution in [3.8, 4) is 0 Å². The van der Waals surface area contributed by atoms with Crippen molar-refractivity contribution in [2.45, 2.75) is 25.8 Å². The zero-order valence-electron chi connectivity index (χ0n) is 12.3. The number of amides is 1. The van der Waals surface area contributed by atoms with E-state index in [0.717, 1.165) is 23.8 Å². The number of carbonyl (C=O) groups excluding carboxylic acids is 1. The van der Waals surface area contributed by atoms with E-state index >= 15 is 0 Å². The number of nitrogens with one attached hydrogen (secondary N) is 2. The molecule has 1 saturated carbocycles. The summed E-state index contributed by atoms with van der Waals surface area (Å²) in [5, 5.41) is 18.3. The Morgan fingerprint density at radius 2 is 2.30 bits per heavy atom. The Labute approximate surface area is 136 Å². The van der Waals surface area contributed by atoms with Crippen molar-refractivity contribution in [3.63, 3.8) is 0 Å². The second-order valence-electron chi connectivity index (χ2n) is 5.73. The lowest BCUT2D eigenvalue weighted by Gasteiger charge is -2.13. The van der Waals surface area contributed by atoms with E-state index in [1.165, 1.54) is 0 Å². The molecule has 118 valence electrons. The normalized spacial score (nSPS) is 15.7. The average Bonchev–Trinajstić information content (AvgIpc) is 3.11. The van der Waals surface area contributed by atoms with Crippen LogP contribution in [0.15, 0.2) is 22.6 Å². The lowest BCUT2D eigenvalue weighted by atomic mass is 10.1. The fourth-order valence-corrected chi connectivity index (χ4v) is 2.97. The van der Waals surface area contributed by atoms with Gasteiger partial charge in [-0.2, -0.15) is 5.21 Å². The number of hydrogen-bond donors (Lipinski definition) is 2. The molecular weight excluding hydrogens is 318 g/mol. The molecule has 4 rings (SSSR count). The third-order valence-electron chi connectivity index (χ3n) is 4.14. The third-order valence-corrected chi connectivity index (χ3v) is 4.44. The predicted octanol–water partition coefficient (Wildman–Crippen LogP) is 2.79. The number of H-pyrrole nitrogens is 1. The maximum Gasteiger partial charge on any atom is 0.287 e. The summed E-state index contributed by atoms with van der Waals surface area (Å²) in [6.45, 7) is 1.84. The number of para-hydroxylation sites is 1. The summed E-state index contributed by atoms with van der Waals surface area (Å²) in [7, 11) is 0. The summed E-state index contributed by atoms with van der Waals surface area (Å²) in [4.78, 5) is 12.7. The van der Waals surface area contributed by atoms with Crippen molar-refractivity contribution in [1.82, 2.24) is 25.9 Å². The van der Waals surface area contributed by atoms with Crippen molar-refractivity contribution in [2.24, 2.45) is 5.92 Å². The van der Waals surface area contributed by atoms with Gasteiger partial charge >= 0.3 is 0 Å². The molecule has 2 N–H and O–H groups in total. The Morgan fingerprint density at radius 1 is 1.48 bits per heavy atom. The topological polar surface area (TPSA) is 96.7 Å². The number of nitrogens with zero attached hydrogens (tertiary/aromatic N) is 3. The highest BCUT2D eigenvalue weighted by Crippen LogP contribution is 2.40. The number of aryl methyl sites for hydroxylation is 1. The van der Waals surface area contributed by atoms with Crippen LogP contribution in [0.2, 0.25) is 5.02 Å². The Hall–Kier alpha value is -2.41. The van der Waals surface area contributed by atoms with Gasteiger partial charge in [-0.3, -0.25) is 4.79 Å². The van der Waals surface area contributed by atoms with Gasteiger partial charge in [0.05, 0.1) is 11.1 Å². The molecule has 2 aromatic heterocycles. The van der Waals surface area contributed by atoms with E-state index in [9.17, 15) is 4.79 Å². The molecule has 2 heterocycles. The van der Waals surface area contributed by atoms with E-state index in [0.29, 0.717) is 22.3 Å². The zero-order chi connectivity index (χ0) is 16.0. The minimum Gasteiger partial charge on any atom is -0.449 e. The molecule has 8 heteroatoms. The number of tetrazole rings is 1. The summed E-state index contributed by atoms with van der Waals surface area (Å²) in [5.41, 5.74) is 1.29. The van der Waals surface area contributed by atoms with Gasteiger partial charge in [0.15, 0.2) is 17.2 Å². The molecule has 0 bridgehead atoms. The molecule has 1 aliphatic carbocycles. The Kier molecular flexibility index (Phi) is 3.30. The van der Waals surface area contributed by atoms with Crippen LogP contribution in [-0.2, 0) is 0 Å². The lowest BCUT2D eigenvalue weighted by Crippen LogP contribution is -2.30. The molecule has 1 fully saturated rings. The van der Waals surface area contributed by atoms with Crippen LogP contribution in [-0.4, -0.2) is 26.5 Å². The highest BCUT2D eigenvalue weighted by Gasteiger charge is 2.37. The highest BCUT2D eigenvalue weighted by molar-refractivity contribution is 6.35. The standard InChI is InChI=1S/C15H14ClN5O2/c1-7-9-3-2-4-10(16)13(9)23-12(7)15(22)17-11(8-5-6-8)14-18-20-21-19-14/h2-4,8,11H,5-6H2,1H3,(H,17,22)(H,18,19,20,21)/t11-/m0/s1. The number of aromatic nitrogens is 4. The Bertz CT molecular complexity index is 870. The number of fused-ring (bicyclic) bond motifs is 1. The number of hydrogen-bond acceptors (Lipinski definition) is 5. The van der Waals surface area contributed by atoms with E-state index in [1.54, 1.807) is 6.07 Å². The zero-order valence-corrected chi connectivity index (χ0v) is 13.1. The van der Waals surface area contributed by atoms with Gasteiger partial charge in [-0.1, -0.05) is 28.9 Å². The largest absolute Gasteiger partial charge is 0.449 e. The summed E-state index contributed by atoms with van der Waals surface area (Å²) in [6.07, 6.45) is 2.06. The SMILES string of the molecule is Cc1c(C(=O)N[C@H](c2nn[nH]n2)C2CC2)oc2c(Cl)cccc12. The fourth-order valence-electron chi connectivity index (χ4n) is 2.76. The van der Waals surface area contributed by atoms with Crippen molar-refractivity contribution in [1.29, 1.82) is 0 Å². The van der Waals surface area contributed by atoms with E-state index in [2.05, 4.69) is 25.9 Å². The molecular formula is C15H14ClN5O2. The summed E-state index contributed by atoms with van der Waals surface area (Å²) in [6, 6.07) is 5.19. The molecule has 0 unspecified atom stereocenters. The van der Waals surface area contributed by atoms with Gasteiger partial charge < -0.3 is 9.73 Å². The van der Waals surface area contributed by atoms with Crippen LogP contribution in [0.4, 0.5) is 0 Å². The van der Waals surface area contributed by atoms with Gasteiger partial charge in [0, 0.05) is 10.9 Å². The maximum atomic E-state index is 12.7. The van der Waals surface area contributed by atoms with Crippen molar-refractivity contribution in [3.05, 3.63) is 40.4 Å². The van der Waals surface area contributed by atoms with E-state index < -0.39 is 0 Å². The smallest absolute Gasteiger partial charge is 0.287 e. The summed E-state index contributed by atoms with van der Waals surface area (Å²) >= 11 is 6.14. The van der Waals surface area contributed by atoms with E-state index in [4.69, 9.17) is 16.0 Å². The van der Waals surface area contributed by atoms with Crippen LogP contribution in [0.3, 0.4) is 0 Å². The van der Waals surface area contributed by atoms with Crippen molar-refractivity contribution in [2.75, 3.05) is 0 Å². The molecule has 7 nitrogen and oxygen atoms in total. The molecule has 0 radical (unpaired) electrons. The maximum absolute atomic E-state index is 12.7. The molecule has 1 atom stereocenters. The second-order valence-corrected chi connectivity index (χ2v) is 6.14. The van der Waals surface area contributed by atoms with Crippen molar-refractivity contribution >= 4 is 28.5 Å². The first-order valence-electron chi connectivity index (χ1n) is 7.37. The van der Waals surface area contributed by atoms with Crippen LogP contribution >= 0.6 is 11.6 Å². The Balaban J connectivity index is 1.66. The molecule has 0 aliphatic heterocycles. The fraction of sp³-hybridized carbons (Fsp3) is 0.333. The number of rotatable bonds is 4. The quantitative estimate of drug-likeness (QED) is 0.766. The van der Waals surface area contributed by atoms with E-state index in [1.807, 2.05) is 19.1 Å². The number of benzene rings is 1. The van der Waals surface area contributed by atoms with Crippen LogP contribution in [0.5, 0.6) is 0 Å². The second kappa shape index (κ2) is 5.34. The first-order chi connectivity index (χ1) is 11.1. The van der Waals surface area contributed by atoms with Crippen LogP contribution in [0.25, 0.3) is 11.0 Å². The summed E-state index contributed by atoms with van der Waals surface area (Å²) < 4.78 is 5.70. The monoisotopic (exact) mass is 331 g/mol. The third kappa shape index (κ3) is 2.46. The minimum atomic E-state index is -0.295. The van der Waals surface area contributed by atoms with Crippen LogP contribution in [0, 0.1) is 12.8 Å². The number of aromatic amines is 1. The molecule has 1 aromatic carbocycles. The van der Waals surface area contributed by atoms with Gasteiger partial charge in [0.1, 0.15) is 0 Å². The average molecular weight is 332 g/mol. The first-order valence-corrected chi connectivity index (χ1v) is 7.74. The minimum absolute atomic E-state index is 0.260. The molecule has 3 aromatic rings. The van der Waals surface area contributed by atoms with Crippen LogP contribution in [0.1, 0.15) is 40.8 Å². The van der Waals surface area contributed by atoms with Gasteiger partial charge in [-0.05, 0) is 31.7 Å². The van der Waals surface area contributed by atoms with E-state index in [-0.39, 0.29) is 17.7 Å². The number of furan rings is 1. The van der Waals surface area contributed by atoms with Gasteiger partial charge in [-0.15, -0.1) is 10.2 Å². The molecule has 1 aliphatic rings. The predicted molar refractivity (Wildman–Crippen MR) is 83.1 cm³/mol. The highest BCUT2D eigenvalue weighted by atomic mass is 35.5. The molecule has 0 spiro atoms. The Morgan fingerprint density at radius 3 is 2.96 bits per heavy atom.